The van der Waals surface area contributed by atoms with Crippen LogP contribution in [0.5, 0.6) is 0 Å². The summed E-state index contributed by atoms with van der Waals surface area (Å²) in [6.07, 6.45) is 0. The van der Waals surface area contributed by atoms with Crippen LogP contribution in [0.2, 0.25) is 0 Å². The molecule has 0 saturated carbocycles. The largest absolute Gasteiger partial charge is 0.307 e. The predicted molar refractivity (Wildman–Crippen MR) is 54.6 cm³/mol. The molecular formula is C11H11N3. The number of nitrogens with zero attached hydrogens (tertiary/aromatic N) is 1. The monoisotopic (exact) mass is 185 g/mol. The van der Waals surface area contributed by atoms with Crippen molar-refractivity contribution in [2.24, 2.45) is 0 Å². The Morgan fingerprint density at radius 1 is 1.07 bits per heavy atom. The van der Waals surface area contributed by atoms with Gasteiger partial charge in [0.25, 0.3) is 0 Å². The third-order valence-corrected chi connectivity index (χ3v) is 2.60. The van der Waals surface area contributed by atoms with E-state index in [4.69, 9.17) is 0 Å². The fourth-order valence-corrected chi connectivity index (χ4v) is 1.89. The zero-order valence-corrected chi connectivity index (χ0v) is 7.75. The first kappa shape index (κ1) is 7.76. The number of benzene rings is 1. The maximum Gasteiger partial charge on any atom is 0.0969 e. The van der Waals surface area contributed by atoms with E-state index >= 15 is 0 Å². The minimum Gasteiger partial charge on any atom is -0.307 e. The van der Waals surface area contributed by atoms with Crippen LogP contribution in [0, 0.1) is 0 Å². The lowest BCUT2D eigenvalue weighted by molar-refractivity contribution is 0.743. The molecule has 0 atom stereocenters. The Kier molecular flexibility index (Phi) is 1.64. The van der Waals surface area contributed by atoms with Crippen LogP contribution in [0.4, 0.5) is 0 Å². The van der Waals surface area contributed by atoms with Gasteiger partial charge in [-0.1, -0.05) is 30.3 Å². The van der Waals surface area contributed by atoms with E-state index in [0.29, 0.717) is 0 Å². The van der Waals surface area contributed by atoms with Crippen molar-refractivity contribution >= 4 is 0 Å². The van der Waals surface area contributed by atoms with Crippen LogP contribution in [0.3, 0.4) is 0 Å². The molecule has 3 nitrogen and oxygen atoms in total. The van der Waals surface area contributed by atoms with Crippen molar-refractivity contribution in [2.75, 3.05) is 0 Å². The molecule has 3 rings (SSSR count). The van der Waals surface area contributed by atoms with E-state index < -0.39 is 0 Å². The molecule has 0 unspecified atom stereocenters. The van der Waals surface area contributed by atoms with Gasteiger partial charge in [0, 0.05) is 24.2 Å². The number of fused-ring (bicyclic) bond motifs is 1. The van der Waals surface area contributed by atoms with Crippen LogP contribution in [-0.4, -0.2) is 10.2 Å². The summed E-state index contributed by atoms with van der Waals surface area (Å²) in [4.78, 5) is 0. The van der Waals surface area contributed by atoms with E-state index in [1.807, 2.05) is 18.2 Å². The topological polar surface area (TPSA) is 40.7 Å². The first-order chi connectivity index (χ1) is 6.95. The van der Waals surface area contributed by atoms with Crippen LogP contribution in [0.15, 0.2) is 30.3 Å². The molecule has 0 spiro atoms. The highest BCUT2D eigenvalue weighted by Crippen LogP contribution is 2.25. The van der Waals surface area contributed by atoms with E-state index in [0.717, 1.165) is 18.8 Å². The molecule has 2 aromatic rings. The third-order valence-electron chi connectivity index (χ3n) is 2.60. The van der Waals surface area contributed by atoms with Gasteiger partial charge in [0.15, 0.2) is 0 Å². The van der Waals surface area contributed by atoms with Gasteiger partial charge < -0.3 is 5.32 Å². The van der Waals surface area contributed by atoms with Crippen LogP contribution < -0.4 is 5.32 Å². The number of aromatic nitrogens is 2. The molecule has 0 aliphatic carbocycles. The van der Waals surface area contributed by atoms with Crippen LogP contribution in [0.25, 0.3) is 11.3 Å². The van der Waals surface area contributed by atoms with Crippen LogP contribution >= 0.6 is 0 Å². The smallest absolute Gasteiger partial charge is 0.0969 e. The second-order valence-electron chi connectivity index (χ2n) is 3.50. The average Bonchev–Trinajstić information content (AvgIpc) is 2.79. The lowest BCUT2D eigenvalue weighted by atomic mass is 10.1. The van der Waals surface area contributed by atoms with Gasteiger partial charge in [-0.25, -0.2) is 0 Å². The van der Waals surface area contributed by atoms with Crippen LogP contribution in [0.1, 0.15) is 11.3 Å². The molecule has 0 bridgehead atoms. The lowest BCUT2D eigenvalue weighted by Crippen LogP contribution is -2.02. The minimum absolute atomic E-state index is 0.912. The summed E-state index contributed by atoms with van der Waals surface area (Å²) in [7, 11) is 0. The Morgan fingerprint density at radius 3 is 2.79 bits per heavy atom. The number of hydrogen-bond donors (Lipinski definition) is 2. The van der Waals surface area contributed by atoms with Gasteiger partial charge in [0.05, 0.1) is 11.4 Å². The summed E-state index contributed by atoms with van der Waals surface area (Å²) in [6.45, 7) is 1.84. The van der Waals surface area contributed by atoms with Crippen molar-refractivity contribution in [1.29, 1.82) is 0 Å². The summed E-state index contributed by atoms with van der Waals surface area (Å²) in [5, 5.41) is 10.7. The van der Waals surface area contributed by atoms with Crippen molar-refractivity contribution in [3.8, 4) is 11.3 Å². The molecule has 1 aliphatic rings. The van der Waals surface area contributed by atoms with Crippen molar-refractivity contribution in [3.63, 3.8) is 0 Å². The number of hydrogen-bond acceptors (Lipinski definition) is 2. The Morgan fingerprint density at radius 2 is 1.93 bits per heavy atom. The lowest BCUT2D eigenvalue weighted by Gasteiger charge is -1.98. The summed E-state index contributed by atoms with van der Waals surface area (Å²) in [5.74, 6) is 0. The zero-order chi connectivity index (χ0) is 9.38. The molecule has 1 aliphatic heterocycles. The molecule has 0 saturated heterocycles. The summed E-state index contributed by atoms with van der Waals surface area (Å²) >= 11 is 0. The Hall–Kier alpha value is -1.61. The molecule has 1 aromatic carbocycles. The van der Waals surface area contributed by atoms with Crippen LogP contribution in [-0.2, 0) is 13.1 Å². The van der Waals surface area contributed by atoms with Crippen molar-refractivity contribution in [2.45, 2.75) is 13.1 Å². The van der Waals surface area contributed by atoms with Crippen molar-refractivity contribution in [1.82, 2.24) is 15.5 Å². The molecular weight excluding hydrogens is 174 g/mol. The molecule has 14 heavy (non-hydrogen) atoms. The van der Waals surface area contributed by atoms with Gasteiger partial charge in [-0.15, -0.1) is 0 Å². The fraction of sp³-hybridized carbons (Fsp3) is 0.182. The normalized spacial score (nSPS) is 14.3. The molecule has 1 aromatic heterocycles. The standard InChI is InChI=1S/C11H11N3/c1-2-4-8(5-3-1)11-9-6-12-7-10(9)13-14-11/h1-5,12H,6-7H2,(H,13,14). The van der Waals surface area contributed by atoms with Gasteiger partial charge in [-0.05, 0) is 0 Å². The van der Waals surface area contributed by atoms with Gasteiger partial charge in [-0.3, -0.25) is 5.10 Å². The summed E-state index contributed by atoms with van der Waals surface area (Å²) in [5.41, 5.74) is 4.82. The molecule has 0 amide bonds. The average molecular weight is 185 g/mol. The fourth-order valence-electron chi connectivity index (χ4n) is 1.89. The zero-order valence-electron chi connectivity index (χ0n) is 7.75. The second kappa shape index (κ2) is 2.96. The molecule has 0 fully saturated rings. The van der Waals surface area contributed by atoms with E-state index in [2.05, 4.69) is 27.6 Å². The molecule has 3 heteroatoms. The minimum atomic E-state index is 0.912. The van der Waals surface area contributed by atoms with E-state index in [9.17, 15) is 0 Å². The highest BCUT2D eigenvalue weighted by atomic mass is 15.2. The third kappa shape index (κ3) is 1.06. The Labute approximate surface area is 82.2 Å². The molecule has 2 N–H and O–H groups in total. The Balaban J connectivity index is 2.13. The number of H-pyrrole nitrogens is 1. The van der Waals surface area contributed by atoms with Gasteiger partial charge in [-0.2, -0.15) is 5.10 Å². The number of rotatable bonds is 1. The van der Waals surface area contributed by atoms with Gasteiger partial charge in [0.1, 0.15) is 0 Å². The molecule has 0 radical (unpaired) electrons. The predicted octanol–water partition coefficient (Wildman–Crippen LogP) is 1.68. The van der Waals surface area contributed by atoms with Crippen molar-refractivity contribution < 1.29 is 0 Å². The highest BCUT2D eigenvalue weighted by molar-refractivity contribution is 5.64. The SMILES string of the molecule is c1ccc(-c2n[nH]c3c2CNC3)cc1. The van der Waals surface area contributed by atoms with E-state index in [-0.39, 0.29) is 0 Å². The summed E-state index contributed by atoms with van der Waals surface area (Å²) < 4.78 is 0. The maximum atomic E-state index is 4.34. The van der Waals surface area contributed by atoms with E-state index in [1.165, 1.54) is 16.8 Å². The Bertz CT molecular complexity index is 445. The summed E-state index contributed by atoms with van der Waals surface area (Å²) in [6, 6.07) is 10.3. The first-order valence-electron chi connectivity index (χ1n) is 4.77. The molecule has 2 heterocycles. The highest BCUT2D eigenvalue weighted by Gasteiger charge is 2.18. The number of nitrogens with one attached hydrogen (secondary N) is 2. The van der Waals surface area contributed by atoms with Crippen molar-refractivity contribution in [3.05, 3.63) is 41.6 Å². The van der Waals surface area contributed by atoms with E-state index in [1.54, 1.807) is 0 Å². The molecule has 70 valence electrons. The quantitative estimate of drug-likeness (QED) is 0.709. The van der Waals surface area contributed by atoms with Gasteiger partial charge in [0.2, 0.25) is 0 Å². The number of aromatic amines is 1. The van der Waals surface area contributed by atoms with Gasteiger partial charge >= 0.3 is 0 Å². The second-order valence-corrected chi connectivity index (χ2v) is 3.50. The first-order valence-corrected chi connectivity index (χ1v) is 4.77. The maximum absolute atomic E-state index is 4.34.